The van der Waals surface area contributed by atoms with Crippen LogP contribution in [0.1, 0.15) is 37.7 Å². The minimum atomic E-state index is -0.861. The van der Waals surface area contributed by atoms with Crippen molar-refractivity contribution in [1.29, 1.82) is 0 Å². The van der Waals surface area contributed by atoms with Gasteiger partial charge in [-0.3, -0.25) is 19.7 Å². The number of carbonyl (C=O) groups is 3. The van der Waals surface area contributed by atoms with Crippen LogP contribution in [-0.2, 0) is 14.4 Å². The average molecular weight is 430 g/mol. The highest BCUT2D eigenvalue weighted by Crippen LogP contribution is 2.36. The molecule has 0 bridgehead atoms. The lowest BCUT2D eigenvalue weighted by molar-refractivity contribution is -0.158. The molecule has 6 nitrogen and oxygen atoms in total. The van der Waals surface area contributed by atoms with E-state index in [1.54, 1.807) is 0 Å². The van der Waals surface area contributed by atoms with Crippen LogP contribution in [0.15, 0.2) is 34.0 Å². The van der Waals surface area contributed by atoms with Gasteiger partial charge in [0.05, 0.1) is 11.4 Å². The molecule has 29 heavy (non-hydrogen) atoms. The number of piperazine rings is 1. The lowest BCUT2D eigenvalue weighted by Crippen LogP contribution is -2.69. The smallest absolute Gasteiger partial charge is 0.252 e. The zero-order chi connectivity index (χ0) is 20.4. The first kappa shape index (κ1) is 20.1. The van der Waals surface area contributed by atoms with E-state index in [2.05, 4.69) is 10.3 Å². The Labute approximate surface area is 178 Å². The Bertz CT molecular complexity index is 933. The number of aryl methyl sites for hydroxylation is 1. The molecule has 1 aromatic carbocycles. The van der Waals surface area contributed by atoms with Gasteiger partial charge in [0.25, 0.3) is 5.91 Å². The summed E-state index contributed by atoms with van der Waals surface area (Å²) in [5.41, 5.74) is 2.27. The fourth-order valence-electron chi connectivity index (χ4n) is 4.04. The lowest BCUT2D eigenvalue weighted by atomic mass is 9.78. The molecule has 8 heteroatoms. The lowest BCUT2D eigenvalue weighted by Gasteiger charge is -2.47. The summed E-state index contributed by atoms with van der Waals surface area (Å²) in [6, 6.07) is 8.17. The van der Waals surface area contributed by atoms with Gasteiger partial charge >= 0.3 is 0 Å². The molecule has 0 radical (unpaired) electrons. The van der Waals surface area contributed by atoms with Gasteiger partial charge in [-0.15, -0.1) is 11.3 Å². The van der Waals surface area contributed by atoms with E-state index in [1.807, 2.05) is 36.6 Å². The van der Waals surface area contributed by atoms with Gasteiger partial charge in [-0.1, -0.05) is 60.9 Å². The van der Waals surface area contributed by atoms with Crippen LogP contribution in [0, 0.1) is 6.92 Å². The number of carbonyl (C=O) groups excluding carboxylic acids is 3. The topological polar surface area (TPSA) is 79.4 Å². The zero-order valence-electron chi connectivity index (χ0n) is 16.3. The molecule has 152 valence electrons. The summed E-state index contributed by atoms with van der Waals surface area (Å²) >= 11 is 2.86. The molecule has 1 aromatic heterocycles. The molecule has 1 aliphatic heterocycles. The van der Waals surface area contributed by atoms with E-state index in [0.29, 0.717) is 12.8 Å². The molecule has 2 heterocycles. The molecule has 1 N–H and O–H groups in total. The average Bonchev–Trinajstić information content (AvgIpc) is 3.19. The van der Waals surface area contributed by atoms with Crippen molar-refractivity contribution in [2.45, 2.75) is 48.9 Å². The monoisotopic (exact) mass is 429 g/mol. The third-order valence-electron chi connectivity index (χ3n) is 5.63. The van der Waals surface area contributed by atoms with Crippen LogP contribution >= 0.6 is 23.1 Å². The molecule has 2 aliphatic rings. The third kappa shape index (κ3) is 4.09. The van der Waals surface area contributed by atoms with Crippen molar-refractivity contribution in [1.82, 2.24) is 15.2 Å². The highest BCUT2D eigenvalue weighted by atomic mass is 32.2. The van der Waals surface area contributed by atoms with Crippen LogP contribution in [0.25, 0.3) is 11.3 Å². The molecule has 0 unspecified atom stereocenters. The standard InChI is InChI=1S/C21H23N3O3S2/c1-14-5-7-15(8-6-14)16-12-28-20(22-16)29-13-18(26)24-11-17(25)23-19(27)21(24)9-3-2-4-10-21/h5-8,12H,2-4,9-11,13H2,1H3,(H,23,25,27). The Balaban J connectivity index is 1.45. The predicted molar refractivity (Wildman–Crippen MR) is 114 cm³/mol. The van der Waals surface area contributed by atoms with Crippen LogP contribution in [-0.4, -0.2) is 45.4 Å². The van der Waals surface area contributed by atoms with Crippen molar-refractivity contribution in [3.05, 3.63) is 35.2 Å². The molecule has 2 aromatic rings. The number of rotatable bonds is 4. The van der Waals surface area contributed by atoms with E-state index in [9.17, 15) is 14.4 Å². The van der Waals surface area contributed by atoms with Crippen molar-refractivity contribution in [3.8, 4) is 11.3 Å². The normalized spacial score (nSPS) is 18.7. The molecule has 0 atom stereocenters. The highest BCUT2D eigenvalue weighted by molar-refractivity contribution is 8.01. The highest BCUT2D eigenvalue weighted by Gasteiger charge is 2.50. The number of nitrogens with zero attached hydrogens (tertiary/aromatic N) is 2. The zero-order valence-corrected chi connectivity index (χ0v) is 17.9. The third-order valence-corrected chi connectivity index (χ3v) is 7.63. The largest absolute Gasteiger partial charge is 0.318 e. The summed E-state index contributed by atoms with van der Waals surface area (Å²) in [5.74, 6) is -0.723. The Morgan fingerprint density at radius 1 is 1.21 bits per heavy atom. The molecule has 1 aliphatic carbocycles. The Morgan fingerprint density at radius 3 is 2.66 bits per heavy atom. The Hall–Kier alpha value is -2.19. The van der Waals surface area contributed by atoms with E-state index >= 15 is 0 Å². The number of hydrogen-bond acceptors (Lipinski definition) is 6. The van der Waals surface area contributed by atoms with E-state index in [4.69, 9.17) is 0 Å². The SMILES string of the molecule is Cc1ccc(-c2csc(SCC(=O)N3CC(=O)NC(=O)C34CCCCC4)n2)cc1. The van der Waals surface area contributed by atoms with Gasteiger partial charge in [0.15, 0.2) is 4.34 Å². The van der Waals surface area contributed by atoms with E-state index < -0.39 is 11.4 Å². The maximum absolute atomic E-state index is 13.0. The van der Waals surface area contributed by atoms with Crippen molar-refractivity contribution in [3.63, 3.8) is 0 Å². The Morgan fingerprint density at radius 2 is 1.93 bits per heavy atom. The van der Waals surface area contributed by atoms with Crippen molar-refractivity contribution < 1.29 is 14.4 Å². The summed E-state index contributed by atoms with van der Waals surface area (Å²) in [4.78, 5) is 43.7. The summed E-state index contributed by atoms with van der Waals surface area (Å²) in [5, 5.41) is 4.42. The number of nitrogens with one attached hydrogen (secondary N) is 1. The summed E-state index contributed by atoms with van der Waals surface area (Å²) in [6.45, 7) is 2.00. The number of aromatic nitrogens is 1. The van der Waals surface area contributed by atoms with Gasteiger partial charge in [-0.2, -0.15) is 0 Å². The summed E-state index contributed by atoms with van der Waals surface area (Å²) < 4.78 is 0.805. The second-order valence-electron chi connectivity index (χ2n) is 7.60. The fraction of sp³-hybridized carbons (Fsp3) is 0.429. The Kier molecular flexibility index (Phi) is 5.74. The van der Waals surface area contributed by atoms with Crippen LogP contribution in [0.4, 0.5) is 0 Å². The molecule has 3 amide bonds. The molecule has 1 saturated heterocycles. The van der Waals surface area contributed by atoms with Gasteiger partial charge in [0, 0.05) is 10.9 Å². The van der Waals surface area contributed by atoms with E-state index in [-0.39, 0.29) is 24.1 Å². The van der Waals surface area contributed by atoms with E-state index in [0.717, 1.165) is 34.9 Å². The number of hydrogen-bond donors (Lipinski definition) is 1. The number of thioether (sulfide) groups is 1. The van der Waals surface area contributed by atoms with Gasteiger partial charge in [0.1, 0.15) is 12.1 Å². The number of thiazole rings is 1. The first-order valence-electron chi connectivity index (χ1n) is 9.78. The second-order valence-corrected chi connectivity index (χ2v) is 9.68. The quantitative estimate of drug-likeness (QED) is 0.595. The molecule has 1 spiro atoms. The first-order chi connectivity index (χ1) is 14.0. The van der Waals surface area contributed by atoms with Gasteiger partial charge in [-0.25, -0.2) is 4.98 Å². The van der Waals surface area contributed by atoms with Gasteiger partial charge in [0.2, 0.25) is 11.8 Å². The molecule has 1 saturated carbocycles. The molecular weight excluding hydrogens is 406 g/mol. The maximum Gasteiger partial charge on any atom is 0.252 e. The van der Waals surface area contributed by atoms with Crippen molar-refractivity contribution in [2.24, 2.45) is 0 Å². The minimum absolute atomic E-state index is 0.0440. The molecule has 2 fully saturated rings. The molecular formula is C21H23N3O3S2. The first-order valence-corrected chi connectivity index (χ1v) is 11.6. The van der Waals surface area contributed by atoms with Crippen LogP contribution in [0.3, 0.4) is 0 Å². The minimum Gasteiger partial charge on any atom is -0.318 e. The number of benzene rings is 1. The van der Waals surface area contributed by atoms with Crippen molar-refractivity contribution >= 4 is 40.8 Å². The van der Waals surface area contributed by atoms with Crippen LogP contribution in [0.2, 0.25) is 0 Å². The van der Waals surface area contributed by atoms with Crippen LogP contribution in [0.5, 0.6) is 0 Å². The maximum atomic E-state index is 13.0. The van der Waals surface area contributed by atoms with Gasteiger partial charge in [-0.05, 0) is 19.8 Å². The van der Waals surface area contributed by atoms with Crippen LogP contribution < -0.4 is 5.32 Å². The fourth-order valence-corrected chi connectivity index (χ4v) is 5.75. The number of amides is 3. The summed E-state index contributed by atoms with van der Waals surface area (Å²) in [7, 11) is 0. The molecule has 4 rings (SSSR count). The second kappa shape index (κ2) is 8.28. The summed E-state index contributed by atoms with van der Waals surface area (Å²) in [6.07, 6.45) is 4.09. The predicted octanol–water partition coefficient (Wildman–Crippen LogP) is 3.40. The number of imide groups is 1. The van der Waals surface area contributed by atoms with Gasteiger partial charge < -0.3 is 4.90 Å². The van der Waals surface area contributed by atoms with E-state index in [1.165, 1.54) is 33.6 Å². The van der Waals surface area contributed by atoms with Crippen molar-refractivity contribution in [2.75, 3.05) is 12.3 Å².